The third-order valence-electron chi connectivity index (χ3n) is 4.22. The van der Waals surface area contributed by atoms with Crippen LogP contribution in [0.1, 0.15) is 51.3 Å². The Morgan fingerprint density at radius 3 is 2.57 bits per heavy atom. The number of fused-ring (bicyclic) bond motifs is 1. The van der Waals surface area contributed by atoms with Crippen LogP contribution in [0.3, 0.4) is 0 Å². The molecule has 0 spiro atoms. The second-order valence-corrected chi connectivity index (χ2v) is 6.60. The number of nitrogens with zero attached hydrogens (tertiary/aromatic N) is 7. The molecule has 0 saturated carbocycles. The highest BCUT2D eigenvalue weighted by atomic mass is 16.2. The van der Waals surface area contributed by atoms with Crippen LogP contribution in [0.25, 0.3) is 0 Å². The van der Waals surface area contributed by atoms with Gasteiger partial charge < -0.3 is 9.47 Å². The van der Waals surface area contributed by atoms with Crippen molar-refractivity contribution in [1.29, 1.82) is 0 Å². The Balaban J connectivity index is 1.81. The van der Waals surface area contributed by atoms with E-state index in [1.165, 1.54) is 6.33 Å². The Morgan fingerprint density at radius 2 is 1.96 bits per heavy atom. The van der Waals surface area contributed by atoms with Crippen molar-refractivity contribution in [2.45, 2.75) is 52.7 Å². The molecule has 3 rings (SSSR count). The Bertz CT molecular complexity index is 674. The molecular weight excluding hydrogens is 294 g/mol. The molecule has 3 heterocycles. The summed E-state index contributed by atoms with van der Waals surface area (Å²) in [6, 6.07) is -0.337. The molecule has 23 heavy (non-hydrogen) atoms. The summed E-state index contributed by atoms with van der Waals surface area (Å²) in [6.07, 6.45) is 3.07. The van der Waals surface area contributed by atoms with Gasteiger partial charge in [0.2, 0.25) is 5.91 Å². The SMILES string of the molecule is CC(C)c1nnc2n1CCN(C(=O)[C@H](C(C)C)n1cncn1)C2. The lowest BCUT2D eigenvalue weighted by molar-refractivity contribution is -0.138. The van der Waals surface area contributed by atoms with Gasteiger partial charge in [-0.1, -0.05) is 27.7 Å². The molecule has 124 valence electrons. The molecule has 1 amide bonds. The van der Waals surface area contributed by atoms with Gasteiger partial charge in [0.15, 0.2) is 5.82 Å². The molecule has 0 bridgehead atoms. The van der Waals surface area contributed by atoms with Gasteiger partial charge in [-0.15, -0.1) is 10.2 Å². The molecule has 0 aromatic carbocycles. The minimum atomic E-state index is -0.337. The lowest BCUT2D eigenvalue weighted by Crippen LogP contribution is -2.44. The summed E-state index contributed by atoms with van der Waals surface area (Å²) in [5.74, 6) is 2.37. The van der Waals surface area contributed by atoms with E-state index in [2.05, 4.69) is 38.7 Å². The molecule has 1 atom stereocenters. The van der Waals surface area contributed by atoms with Gasteiger partial charge >= 0.3 is 0 Å². The summed E-state index contributed by atoms with van der Waals surface area (Å²) in [7, 11) is 0. The highest BCUT2D eigenvalue weighted by Gasteiger charge is 2.32. The van der Waals surface area contributed by atoms with E-state index in [1.54, 1.807) is 11.0 Å². The molecular formula is C15H23N7O. The molecule has 0 fully saturated rings. The van der Waals surface area contributed by atoms with E-state index >= 15 is 0 Å². The lowest BCUT2D eigenvalue weighted by atomic mass is 10.0. The van der Waals surface area contributed by atoms with Crippen LogP contribution in [0.2, 0.25) is 0 Å². The minimum Gasteiger partial charge on any atom is -0.331 e. The molecule has 0 unspecified atom stereocenters. The fourth-order valence-electron chi connectivity index (χ4n) is 3.05. The number of amides is 1. The summed E-state index contributed by atoms with van der Waals surface area (Å²) in [6.45, 7) is 10.2. The topological polar surface area (TPSA) is 81.7 Å². The summed E-state index contributed by atoms with van der Waals surface area (Å²) in [5.41, 5.74) is 0. The standard InChI is InChI=1S/C15H23N7O/c1-10(2)13(22-9-16-8-17-22)15(23)20-5-6-21-12(7-20)18-19-14(21)11(3)4/h8-11,13H,5-7H2,1-4H3/t13-/m0/s1. The Kier molecular flexibility index (Phi) is 4.14. The van der Waals surface area contributed by atoms with Gasteiger partial charge in [-0.25, -0.2) is 9.67 Å². The van der Waals surface area contributed by atoms with Gasteiger partial charge in [0, 0.05) is 19.0 Å². The quantitative estimate of drug-likeness (QED) is 0.847. The Hall–Kier alpha value is -2.25. The van der Waals surface area contributed by atoms with E-state index in [4.69, 9.17) is 0 Å². The average Bonchev–Trinajstić information content (AvgIpc) is 3.15. The average molecular weight is 317 g/mol. The van der Waals surface area contributed by atoms with Crippen LogP contribution >= 0.6 is 0 Å². The van der Waals surface area contributed by atoms with E-state index < -0.39 is 0 Å². The van der Waals surface area contributed by atoms with Crippen molar-refractivity contribution in [3.8, 4) is 0 Å². The number of hydrogen-bond acceptors (Lipinski definition) is 5. The van der Waals surface area contributed by atoms with E-state index in [1.807, 2.05) is 18.7 Å². The largest absolute Gasteiger partial charge is 0.331 e. The van der Waals surface area contributed by atoms with E-state index in [-0.39, 0.29) is 17.9 Å². The van der Waals surface area contributed by atoms with Crippen LogP contribution in [-0.4, -0.2) is 46.9 Å². The monoisotopic (exact) mass is 317 g/mol. The summed E-state index contributed by atoms with van der Waals surface area (Å²) in [4.78, 5) is 18.8. The second-order valence-electron chi connectivity index (χ2n) is 6.60. The van der Waals surface area contributed by atoms with Crippen molar-refractivity contribution in [1.82, 2.24) is 34.4 Å². The van der Waals surface area contributed by atoms with Crippen LogP contribution in [0, 0.1) is 5.92 Å². The van der Waals surface area contributed by atoms with E-state index in [0.29, 0.717) is 19.0 Å². The molecule has 0 N–H and O–H groups in total. The van der Waals surface area contributed by atoms with Gasteiger partial charge in [0.25, 0.3) is 0 Å². The maximum atomic E-state index is 13.0. The van der Waals surface area contributed by atoms with Crippen LogP contribution in [0.5, 0.6) is 0 Å². The first-order valence-electron chi connectivity index (χ1n) is 8.04. The first-order chi connectivity index (χ1) is 11.0. The zero-order valence-electron chi connectivity index (χ0n) is 14.0. The van der Waals surface area contributed by atoms with Crippen molar-refractivity contribution in [3.63, 3.8) is 0 Å². The fraction of sp³-hybridized carbons (Fsp3) is 0.667. The second kappa shape index (κ2) is 6.10. The highest BCUT2D eigenvalue weighted by Crippen LogP contribution is 2.23. The molecule has 0 saturated heterocycles. The van der Waals surface area contributed by atoms with Crippen molar-refractivity contribution in [3.05, 3.63) is 24.3 Å². The third-order valence-corrected chi connectivity index (χ3v) is 4.22. The third kappa shape index (κ3) is 2.85. The molecule has 1 aliphatic rings. The van der Waals surface area contributed by atoms with Gasteiger partial charge in [0.05, 0.1) is 6.54 Å². The molecule has 8 nitrogen and oxygen atoms in total. The summed E-state index contributed by atoms with van der Waals surface area (Å²) < 4.78 is 3.78. The van der Waals surface area contributed by atoms with Gasteiger partial charge in [-0.2, -0.15) is 5.10 Å². The zero-order valence-corrected chi connectivity index (χ0v) is 14.0. The lowest BCUT2D eigenvalue weighted by Gasteiger charge is -2.32. The molecule has 0 aliphatic carbocycles. The minimum absolute atomic E-state index is 0.0610. The molecule has 2 aromatic rings. The number of aromatic nitrogens is 6. The van der Waals surface area contributed by atoms with Crippen molar-refractivity contribution < 1.29 is 4.79 Å². The van der Waals surface area contributed by atoms with Crippen molar-refractivity contribution >= 4 is 5.91 Å². The van der Waals surface area contributed by atoms with Crippen molar-refractivity contribution in [2.75, 3.05) is 6.54 Å². The molecule has 0 radical (unpaired) electrons. The van der Waals surface area contributed by atoms with Crippen LogP contribution in [0.4, 0.5) is 0 Å². The number of carbonyl (C=O) groups is 1. The fourth-order valence-corrected chi connectivity index (χ4v) is 3.05. The highest BCUT2D eigenvalue weighted by molar-refractivity contribution is 5.80. The van der Waals surface area contributed by atoms with Crippen LogP contribution in [0.15, 0.2) is 12.7 Å². The van der Waals surface area contributed by atoms with Crippen LogP contribution in [-0.2, 0) is 17.9 Å². The molecule has 2 aromatic heterocycles. The first kappa shape index (κ1) is 15.6. The molecule has 8 heteroatoms. The summed E-state index contributed by atoms with van der Waals surface area (Å²) in [5, 5.41) is 12.7. The first-order valence-corrected chi connectivity index (χ1v) is 8.04. The molecule has 1 aliphatic heterocycles. The smallest absolute Gasteiger partial charge is 0.248 e. The van der Waals surface area contributed by atoms with Gasteiger partial charge in [0.1, 0.15) is 24.5 Å². The number of carbonyl (C=O) groups excluding carboxylic acids is 1. The zero-order chi connectivity index (χ0) is 16.6. The van der Waals surface area contributed by atoms with Crippen molar-refractivity contribution in [2.24, 2.45) is 5.92 Å². The predicted octanol–water partition coefficient (Wildman–Crippen LogP) is 1.23. The summed E-state index contributed by atoms with van der Waals surface area (Å²) >= 11 is 0. The Labute approximate surface area is 135 Å². The van der Waals surface area contributed by atoms with E-state index in [0.717, 1.165) is 18.2 Å². The predicted molar refractivity (Wildman–Crippen MR) is 83.4 cm³/mol. The Morgan fingerprint density at radius 1 is 1.17 bits per heavy atom. The van der Waals surface area contributed by atoms with E-state index in [9.17, 15) is 4.79 Å². The number of rotatable bonds is 4. The van der Waals surface area contributed by atoms with Crippen LogP contribution < -0.4 is 0 Å². The number of hydrogen-bond donors (Lipinski definition) is 0. The normalized spacial score (nSPS) is 16.0. The maximum absolute atomic E-state index is 13.0. The maximum Gasteiger partial charge on any atom is 0.248 e. The van der Waals surface area contributed by atoms with Gasteiger partial charge in [-0.3, -0.25) is 4.79 Å². The van der Waals surface area contributed by atoms with Gasteiger partial charge in [-0.05, 0) is 5.92 Å².